The van der Waals surface area contributed by atoms with E-state index in [4.69, 9.17) is 0 Å². The van der Waals surface area contributed by atoms with Crippen molar-refractivity contribution in [2.45, 2.75) is 20.8 Å². The number of rotatable bonds is 5. The minimum Gasteiger partial charge on any atom is -0.465 e. The summed E-state index contributed by atoms with van der Waals surface area (Å²) in [6.45, 7) is 3.55. The Kier molecular flexibility index (Phi) is 6.54. The van der Waals surface area contributed by atoms with Crippen molar-refractivity contribution in [2.75, 3.05) is 19.7 Å². The Labute approximate surface area is 99.1 Å². The quantitative estimate of drug-likeness (QED) is 0.630. The lowest BCUT2D eigenvalue weighted by atomic mass is 10.4. The molecule has 0 heterocycles. The number of amides is 3. The van der Waals surface area contributed by atoms with Crippen LogP contribution in [0.25, 0.3) is 0 Å². The van der Waals surface area contributed by atoms with Gasteiger partial charge in [0, 0.05) is 13.8 Å². The zero-order valence-corrected chi connectivity index (χ0v) is 10.1. The first kappa shape index (κ1) is 15.1. The third-order valence-corrected chi connectivity index (χ3v) is 1.80. The summed E-state index contributed by atoms with van der Waals surface area (Å²) in [6, 6.07) is 0. The van der Waals surface area contributed by atoms with Gasteiger partial charge in [-0.05, 0) is 6.92 Å². The minimum atomic E-state index is -0.594. The molecule has 0 spiro atoms. The smallest absolute Gasteiger partial charge is 0.325 e. The molecule has 0 aliphatic carbocycles. The average Bonchev–Trinajstić information content (AvgIpc) is 2.22. The van der Waals surface area contributed by atoms with Crippen LogP contribution in [0, 0.1) is 0 Å². The van der Waals surface area contributed by atoms with Crippen LogP contribution in [0.15, 0.2) is 0 Å². The van der Waals surface area contributed by atoms with E-state index in [9.17, 15) is 19.2 Å². The van der Waals surface area contributed by atoms with Crippen LogP contribution in [0.1, 0.15) is 20.8 Å². The summed E-state index contributed by atoms with van der Waals surface area (Å²) in [6.07, 6.45) is 0. The summed E-state index contributed by atoms with van der Waals surface area (Å²) >= 11 is 0. The summed E-state index contributed by atoms with van der Waals surface area (Å²) in [5.41, 5.74) is 0. The maximum atomic E-state index is 11.3. The van der Waals surface area contributed by atoms with E-state index in [1.165, 1.54) is 13.8 Å². The van der Waals surface area contributed by atoms with Crippen molar-refractivity contribution >= 4 is 23.7 Å². The van der Waals surface area contributed by atoms with E-state index >= 15 is 0 Å². The number of nitrogens with one attached hydrogen (secondary N) is 1. The Balaban J connectivity index is 4.12. The van der Waals surface area contributed by atoms with Crippen LogP contribution in [0.4, 0.5) is 0 Å². The lowest BCUT2D eigenvalue weighted by molar-refractivity contribution is -0.146. The summed E-state index contributed by atoms with van der Waals surface area (Å²) in [4.78, 5) is 45.0. The number of ether oxygens (including phenoxy) is 1. The highest BCUT2D eigenvalue weighted by atomic mass is 16.5. The third kappa shape index (κ3) is 6.29. The van der Waals surface area contributed by atoms with Crippen molar-refractivity contribution in [3.63, 3.8) is 0 Å². The van der Waals surface area contributed by atoms with Crippen LogP contribution in [0.3, 0.4) is 0 Å². The number of hydrogen-bond donors (Lipinski definition) is 1. The number of esters is 1. The van der Waals surface area contributed by atoms with E-state index < -0.39 is 30.2 Å². The Morgan fingerprint density at radius 2 is 1.65 bits per heavy atom. The molecule has 0 aliphatic rings. The summed E-state index contributed by atoms with van der Waals surface area (Å²) in [7, 11) is 0. The topological polar surface area (TPSA) is 92.8 Å². The van der Waals surface area contributed by atoms with Crippen LogP contribution >= 0.6 is 0 Å². The number of carbonyl (C=O) groups excluding carboxylic acids is 4. The second-order valence-corrected chi connectivity index (χ2v) is 3.21. The van der Waals surface area contributed by atoms with E-state index in [2.05, 4.69) is 10.1 Å². The van der Waals surface area contributed by atoms with Crippen molar-refractivity contribution in [1.82, 2.24) is 10.2 Å². The standard InChI is InChI=1S/C10H16N2O5/c1-4-17-10(16)5-11-9(15)6-12(7(2)13)8(3)14/h4-6H2,1-3H3,(H,11,15). The van der Waals surface area contributed by atoms with Crippen LogP contribution < -0.4 is 5.32 Å². The lowest BCUT2D eigenvalue weighted by Gasteiger charge is -2.16. The summed E-state index contributed by atoms with van der Waals surface area (Å²) < 4.78 is 4.59. The fraction of sp³-hybridized carbons (Fsp3) is 0.600. The molecule has 0 aromatic rings. The Morgan fingerprint density at radius 3 is 2.06 bits per heavy atom. The highest BCUT2D eigenvalue weighted by molar-refractivity contribution is 5.97. The lowest BCUT2D eigenvalue weighted by Crippen LogP contribution is -2.43. The zero-order valence-electron chi connectivity index (χ0n) is 10.1. The normalized spacial score (nSPS) is 9.35. The molecule has 0 rings (SSSR count). The molecule has 0 aromatic carbocycles. The van der Waals surface area contributed by atoms with Gasteiger partial charge in [0.2, 0.25) is 17.7 Å². The van der Waals surface area contributed by atoms with Crippen LogP contribution in [0.2, 0.25) is 0 Å². The summed E-state index contributed by atoms with van der Waals surface area (Å²) in [5, 5.41) is 2.25. The van der Waals surface area contributed by atoms with Gasteiger partial charge in [0.25, 0.3) is 0 Å². The number of hydrogen-bond acceptors (Lipinski definition) is 5. The van der Waals surface area contributed by atoms with Crippen molar-refractivity contribution in [1.29, 1.82) is 0 Å². The van der Waals surface area contributed by atoms with Gasteiger partial charge < -0.3 is 10.1 Å². The van der Waals surface area contributed by atoms with Crippen molar-refractivity contribution in [2.24, 2.45) is 0 Å². The van der Waals surface area contributed by atoms with Crippen LogP contribution in [-0.4, -0.2) is 48.3 Å². The maximum absolute atomic E-state index is 11.3. The Morgan fingerprint density at radius 1 is 1.12 bits per heavy atom. The SMILES string of the molecule is CCOC(=O)CNC(=O)CN(C(C)=O)C(C)=O. The van der Waals surface area contributed by atoms with Gasteiger partial charge in [-0.1, -0.05) is 0 Å². The number of nitrogens with zero attached hydrogens (tertiary/aromatic N) is 1. The zero-order chi connectivity index (χ0) is 13.4. The monoisotopic (exact) mass is 244 g/mol. The third-order valence-electron chi connectivity index (χ3n) is 1.80. The highest BCUT2D eigenvalue weighted by Crippen LogP contribution is 1.90. The molecule has 0 bridgehead atoms. The van der Waals surface area contributed by atoms with Gasteiger partial charge >= 0.3 is 5.97 Å². The molecule has 3 amide bonds. The molecule has 0 aliphatic heterocycles. The van der Waals surface area contributed by atoms with Gasteiger partial charge in [-0.25, -0.2) is 0 Å². The molecule has 0 aromatic heterocycles. The molecule has 0 atom stereocenters. The first-order chi connectivity index (χ1) is 7.88. The van der Waals surface area contributed by atoms with Crippen molar-refractivity contribution in [3.8, 4) is 0 Å². The first-order valence-electron chi connectivity index (χ1n) is 5.09. The van der Waals surface area contributed by atoms with Gasteiger partial charge in [0.15, 0.2) is 0 Å². The minimum absolute atomic E-state index is 0.224. The van der Waals surface area contributed by atoms with Gasteiger partial charge in [-0.2, -0.15) is 0 Å². The molecule has 0 unspecified atom stereocenters. The van der Waals surface area contributed by atoms with E-state index in [1.807, 2.05) is 0 Å². The second-order valence-electron chi connectivity index (χ2n) is 3.21. The van der Waals surface area contributed by atoms with Crippen LogP contribution in [0.5, 0.6) is 0 Å². The Bertz CT molecular complexity index is 313. The van der Waals surface area contributed by atoms with E-state index in [1.54, 1.807) is 6.92 Å². The largest absolute Gasteiger partial charge is 0.465 e. The highest BCUT2D eigenvalue weighted by Gasteiger charge is 2.17. The molecule has 7 heteroatoms. The molecule has 17 heavy (non-hydrogen) atoms. The van der Waals surface area contributed by atoms with Crippen LogP contribution in [-0.2, 0) is 23.9 Å². The second kappa shape index (κ2) is 7.37. The van der Waals surface area contributed by atoms with Gasteiger partial charge in [0.05, 0.1) is 6.61 Å². The molecular formula is C10H16N2O5. The molecule has 0 radical (unpaired) electrons. The van der Waals surface area contributed by atoms with Gasteiger partial charge in [-0.3, -0.25) is 24.1 Å². The fourth-order valence-electron chi connectivity index (χ4n) is 1.03. The molecule has 0 saturated heterocycles. The molecule has 0 saturated carbocycles. The Hall–Kier alpha value is -1.92. The van der Waals surface area contributed by atoms with E-state index in [0.717, 1.165) is 4.90 Å². The van der Waals surface area contributed by atoms with E-state index in [-0.39, 0.29) is 13.2 Å². The molecule has 96 valence electrons. The number of imide groups is 1. The summed E-state index contributed by atoms with van der Waals surface area (Å²) in [5.74, 6) is -2.21. The number of carbonyl (C=O) groups is 4. The predicted octanol–water partition coefficient (Wildman–Crippen LogP) is -0.939. The molecule has 0 fully saturated rings. The molecular weight excluding hydrogens is 228 g/mol. The van der Waals surface area contributed by atoms with E-state index in [0.29, 0.717) is 0 Å². The van der Waals surface area contributed by atoms with Gasteiger partial charge in [0.1, 0.15) is 13.1 Å². The molecule has 7 nitrogen and oxygen atoms in total. The van der Waals surface area contributed by atoms with Crippen molar-refractivity contribution in [3.05, 3.63) is 0 Å². The van der Waals surface area contributed by atoms with Crippen molar-refractivity contribution < 1.29 is 23.9 Å². The average molecular weight is 244 g/mol. The fourth-order valence-corrected chi connectivity index (χ4v) is 1.03. The maximum Gasteiger partial charge on any atom is 0.325 e. The first-order valence-corrected chi connectivity index (χ1v) is 5.09. The predicted molar refractivity (Wildman–Crippen MR) is 57.7 cm³/mol. The van der Waals surface area contributed by atoms with Gasteiger partial charge in [-0.15, -0.1) is 0 Å². The molecule has 1 N–H and O–H groups in total.